The van der Waals surface area contributed by atoms with E-state index in [1.54, 1.807) is 11.3 Å². The van der Waals surface area contributed by atoms with Crippen LogP contribution in [0.2, 0.25) is 0 Å². The number of hydrogen-bond acceptors (Lipinski definition) is 4. The van der Waals surface area contributed by atoms with Gasteiger partial charge in [-0.15, -0.1) is 11.3 Å². The predicted molar refractivity (Wildman–Crippen MR) is 104 cm³/mol. The molecule has 3 rings (SSSR count). The minimum atomic E-state index is 0.0940. The van der Waals surface area contributed by atoms with E-state index >= 15 is 0 Å². The van der Waals surface area contributed by atoms with Crippen LogP contribution in [0.5, 0.6) is 0 Å². The summed E-state index contributed by atoms with van der Waals surface area (Å²) in [5.41, 5.74) is 0.978. The number of hydrogen-bond donors (Lipinski definition) is 0. The van der Waals surface area contributed by atoms with Gasteiger partial charge in [-0.1, -0.05) is 13.8 Å². The van der Waals surface area contributed by atoms with E-state index < -0.39 is 0 Å². The van der Waals surface area contributed by atoms with E-state index in [1.165, 1.54) is 0 Å². The smallest absolute Gasteiger partial charge is 0.228 e. The van der Waals surface area contributed by atoms with Crippen molar-refractivity contribution in [3.8, 4) is 0 Å². The summed E-state index contributed by atoms with van der Waals surface area (Å²) in [5.74, 6) is 1.07. The zero-order valence-corrected chi connectivity index (χ0v) is 17.1. The maximum atomic E-state index is 12.8. The van der Waals surface area contributed by atoms with Crippen molar-refractivity contribution in [3.05, 3.63) is 16.1 Å². The number of likely N-dealkylation sites (tertiary alicyclic amines) is 2. The van der Waals surface area contributed by atoms with Crippen molar-refractivity contribution in [1.82, 2.24) is 14.8 Å². The number of carbonyl (C=O) groups excluding carboxylic acids is 2. The highest BCUT2D eigenvalue weighted by Crippen LogP contribution is 2.39. The minimum Gasteiger partial charge on any atom is -0.342 e. The Morgan fingerprint density at radius 3 is 2.85 bits per heavy atom. The molecule has 2 aliphatic rings. The van der Waals surface area contributed by atoms with Gasteiger partial charge in [0.25, 0.3) is 0 Å². The highest BCUT2D eigenvalue weighted by molar-refractivity contribution is 7.09. The van der Waals surface area contributed by atoms with Crippen molar-refractivity contribution in [2.75, 3.05) is 26.2 Å². The molecule has 3 heterocycles. The molecule has 2 aliphatic heterocycles. The number of thiazole rings is 1. The lowest BCUT2D eigenvalue weighted by Gasteiger charge is -2.48. The number of piperidine rings is 2. The van der Waals surface area contributed by atoms with E-state index in [9.17, 15) is 9.59 Å². The summed E-state index contributed by atoms with van der Waals surface area (Å²) < 4.78 is 0. The fourth-order valence-corrected chi connectivity index (χ4v) is 4.84. The Bertz CT molecular complexity index is 657. The SMILES string of the molecule is Cc1nc(CC(=O)N2CCC[C@]3(CCC(=O)N(CCC(C)C)C3)C2)cs1. The molecule has 0 unspecified atom stereocenters. The molecular weight excluding hydrogens is 346 g/mol. The van der Waals surface area contributed by atoms with E-state index in [0.29, 0.717) is 18.8 Å². The third kappa shape index (κ3) is 4.64. The van der Waals surface area contributed by atoms with Gasteiger partial charge in [0.05, 0.1) is 17.1 Å². The van der Waals surface area contributed by atoms with Crippen LogP contribution < -0.4 is 0 Å². The first kappa shape index (κ1) is 19.3. The molecule has 0 aromatic carbocycles. The molecule has 2 amide bonds. The van der Waals surface area contributed by atoms with Crippen LogP contribution >= 0.6 is 11.3 Å². The van der Waals surface area contributed by atoms with E-state index in [2.05, 4.69) is 23.7 Å². The lowest BCUT2D eigenvalue weighted by Crippen LogP contribution is -2.55. The minimum absolute atomic E-state index is 0.0940. The van der Waals surface area contributed by atoms with Crippen molar-refractivity contribution in [1.29, 1.82) is 0 Å². The molecule has 26 heavy (non-hydrogen) atoms. The van der Waals surface area contributed by atoms with Crippen LogP contribution in [-0.2, 0) is 16.0 Å². The van der Waals surface area contributed by atoms with Gasteiger partial charge in [-0.05, 0) is 38.5 Å². The molecule has 1 aromatic rings. The second-order valence-corrected chi connectivity index (χ2v) is 9.51. The number of amides is 2. The molecule has 5 nitrogen and oxygen atoms in total. The van der Waals surface area contributed by atoms with Crippen molar-refractivity contribution < 1.29 is 9.59 Å². The third-order valence-corrected chi connectivity index (χ3v) is 6.56. The highest BCUT2D eigenvalue weighted by Gasteiger charge is 2.42. The number of carbonyl (C=O) groups is 2. The van der Waals surface area contributed by atoms with Crippen LogP contribution in [0.15, 0.2) is 5.38 Å². The Balaban J connectivity index is 1.62. The maximum Gasteiger partial charge on any atom is 0.228 e. The van der Waals surface area contributed by atoms with E-state index in [0.717, 1.165) is 62.6 Å². The first-order valence-electron chi connectivity index (χ1n) is 9.83. The molecule has 0 N–H and O–H groups in total. The summed E-state index contributed by atoms with van der Waals surface area (Å²) in [6.07, 6.45) is 5.16. The maximum absolute atomic E-state index is 12.8. The Labute approximate surface area is 160 Å². The Kier molecular flexibility index (Phi) is 6.00. The summed E-state index contributed by atoms with van der Waals surface area (Å²) in [6.45, 7) is 9.67. The molecule has 6 heteroatoms. The Hall–Kier alpha value is -1.43. The molecule has 1 aromatic heterocycles. The molecule has 0 bridgehead atoms. The fraction of sp³-hybridized carbons (Fsp3) is 0.750. The van der Waals surface area contributed by atoms with Crippen molar-refractivity contribution in [3.63, 3.8) is 0 Å². The van der Waals surface area contributed by atoms with E-state index in [-0.39, 0.29) is 17.2 Å². The molecular formula is C20H31N3O2S. The van der Waals surface area contributed by atoms with Crippen molar-refractivity contribution in [2.45, 2.75) is 59.3 Å². The van der Waals surface area contributed by atoms with Crippen molar-refractivity contribution in [2.24, 2.45) is 11.3 Å². The standard InChI is InChI=1S/C20H31N3O2S/c1-15(2)6-10-23-14-20(8-5-18(23)24)7-4-9-22(13-20)19(25)11-17-12-26-16(3)21-17/h12,15H,4-11,13-14H2,1-3H3/t20-/m0/s1. The molecule has 0 radical (unpaired) electrons. The van der Waals surface area contributed by atoms with Gasteiger partial charge in [-0.25, -0.2) is 4.98 Å². The fourth-order valence-electron chi connectivity index (χ4n) is 4.23. The van der Waals surface area contributed by atoms with Gasteiger partial charge in [0.15, 0.2) is 0 Å². The molecule has 144 valence electrons. The Morgan fingerprint density at radius 1 is 1.35 bits per heavy atom. The monoisotopic (exact) mass is 377 g/mol. The van der Waals surface area contributed by atoms with Gasteiger partial charge >= 0.3 is 0 Å². The van der Waals surface area contributed by atoms with Crippen LogP contribution in [0.4, 0.5) is 0 Å². The van der Waals surface area contributed by atoms with Crippen molar-refractivity contribution >= 4 is 23.2 Å². The second-order valence-electron chi connectivity index (χ2n) is 8.45. The van der Waals surface area contributed by atoms with Gasteiger partial charge in [0.2, 0.25) is 11.8 Å². The summed E-state index contributed by atoms with van der Waals surface area (Å²) >= 11 is 1.60. The molecule has 2 saturated heterocycles. The van der Waals surface area contributed by atoms with E-state index in [1.807, 2.05) is 17.2 Å². The van der Waals surface area contributed by atoms with Gasteiger partial charge in [0, 0.05) is 43.4 Å². The summed E-state index contributed by atoms with van der Waals surface area (Å²) in [5, 5.41) is 2.99. The number of aryl methyl sites for hydroxylation is 1. The Morgan fingerprint density at radius 2 is 2.15 bits per heavy atom. The molecule has 0 aliphatic carbocycles. The van der Waals surface area contributed by atoms with Crippen LogP contribution in [0.25, 0.3) is 0 Å². The largest absolute Gasteiger partial charge is 0.342 e. The summed E-state index contributed by atoms with van der Waals surface area (Å²) in [7, 11) is 0. The lowest BCUT2D eigenvalue weighted by atomic mass is 9.73. The molecule has 1 atom stereocenters. The van der Waals surface area contributed by atoms with Gasteiger partial charge in [0.1, 0.15) is 0 Å². The topological polar surface area (TPSA) is 53.5 Å². The molecule has 0 saturated carbocycles. The van der Waals surface area contributed by atoms with E-state index in [4.69, 9.17) is 0 Å². The first-order valence-corrected chi connectivity index (χ1v) is 10.7. The quantitative estimate of drug-likeness (QED) is 0.791. The lowest BCUT2D eigenvalue weighted by molar-refractivity contribution is -0.142. The zero-order chi connectivity index (χ0) is 18.7. The van der Waals surface area contributed by atoms with Crippen LogP contribution in [0.3, 0.4) is 0 Å². The number of nitrogens with zero attached hydrogens (tertiary/aromatic N) is 3. The van der Waals surface area contributed by atoms with Crippen LogP contribution in [0, 0.1) is 18.3 Å². The van der Waals surface area contributed by atoms with Gasteiger partial charge in [-0.3, -0.25) is 9.59 Å². The summed E-state index contributed by atoms with van der Waals surface area (Å²) in [6, 6.07) is 0. The van der Waals surface area contributed by atoms with Crippen LogP contribution in [0.1, 0.15) is 56.7 Å². The van der Waals surface area contributed by atoms with Gasteiger partial charge in [-0.2, -0.15) is 0 Å². The van der Waals surface area contributed by atoms with Gasteiger partial charge < -0.3 is 9.80 Å². The average Bonchev–Trinajstić information content (AvgIpc) is 3.01. The predicted octanol–water partition coefficient (Wildman–Crippen LogP) is 3.27. The summed E-state index contributed by atoms with van der Waals surface area (Å²) in [4.78, 5) is 33.6. The normalized spacial score (nSPS) is 23.9. The first-order chi connectivity index (χ1) is 12.4. The molecule has 1 spiro atoms. The zero-order valence-electron chi connectivity index (χ0n) is 16.3. The third-order valence-electron chi connectivity index (χ3n) is 5.74. The second kappa shape index (κ2) is 8.07. The highest BCUT2D eigenvalue weighted by atomic mass is 32.1. The van der Waals surface area contributed by atoms with Crippen LogP contribution in [-0.4, -0.2) is 52.8 Å². The number of aromatic nitrogens is 1. The molecule has 2 fully saturated rings. The average molecular weight is 378 g/mol. The number of rotatable bonds is 5.